The van der Waals surface area contributed by atoms with Crippen molar-refractivity contribution in [2.45, 2.75) is 24.8 Å². The third-order valence-corrected chi connectivity index (χ3v) is 6.59. The number of hydrogen-bond donors (Lipinski definition) is 1. The summed E-state index contributed by atoms with van der Waals surface area (Å²) in [5.41, 5.74) is 2.70. The van der Waals surface area contributed by atoms with E-state index < -0.39 is 10.0 Å². The zero-order valence-corrected chi connectivity index (χ0v) is 15.2. The third kappa shape index (κ3) is 3.02. The Hall–Kier alpha value is -1.96. The zero-order chi connectivity index (χ0) is 17.5. The molecule has 0 bridgehead atoms. The maximum absolute atomic E-state index is 12.7. The van der Waals surface area contributed by atoms with Gasteiger partial charge < -0.3 is 4.57 Å². The molecule has 0 fully saturated rings. The van der Waals surface area contributed by atoms with Crippen molar-refractivity contribution in [3.05, 3.63) is 63.3 Å². The number of thiazole rings is 1. The Kier molecular flexibility index (Phi) is 4.33. The molecule has 1 heterocycles. The minimum absolute atomic E-state index is 0.110. The average molecular weight is 362 g/mol. The summed E-state index contributed by atoms with van der Waals surface area (Å²) >= 11 is 1.04. The van der Waals surface area contributed by atoms with Crippen LogP contribution in [0.3, 0.4) is 0 Å². The molecule has 0 unspecified atom stereocenters. The first-order chi connectivity index (χ1) is 11.3. The summed E-state index contributed by atoms with van der Waals surface area (Å²) in [5, 5.41) is 0. The molecule has 0 aliphatic rings. The fourth-order valence-corrected chi connectivity index (χ4v) is 4.96. The molecule has 0 aliphatic heterocycles. The van der Waals surface area contributed by atoms with E-state index in [0.717, 1.165) is 28.0 Å². The van der Waals surface area contributed by atoms with Crippen LogP contribution in [0.4, 0.5) is 0 Å². The van der Waals surface area contributed by atoms with Crippen molar-refractivity contribution in [3.8, 4) is 0 Å². The smallest absolute Gasteiger partial charge is 0.302 e. The van der Waals surface area contributed by atoms with Gasteiger partial charge in [-0.3, -0.25) is 4.79 Å². The third-order valence-electron chi connectivity index (χ3n) is 4.06. The van der Waals surface area contributed by atoms with Gasteiger partial charge in [0.05, 0.1) is 15.1 Å². The molecule has 1 atom stereocenters. The maximum atomic E-state index is 12.7. The lowest BCUT2D eigenvalue weighted by Crippen LogP contribution is -2.27. The number of rotatable bonds is 4. The van der Waals surface area contributed by atoms with Crippen molar-refractivity contribution in [3.63, 3.8) is 0 Å². The van der Waals surface area contributed by atoms with Gasteiger partial charge in [0.1, 0.15) is 0 Å². The molecule has 5 nitrogen and oxygen atoms in total. The van der Waals surface area contributed by atoms with Gasteiger partial charge >= 0.3 is 4.87 Å². The van der Waals surface area contributed by atoms with Crippen LogP contribution in [-0.4, -0.2) is 13.0 Å². The normalized spacial score (nSPS) is 13.3. The quantitative estimate of drug-likeness (QED) is 0.776. The van der Waals surface area contributed by atoms with Gasteiger partial charge in [-0.2, -0.15) is 0 Å². The Labute approximate surface area is 144 Å². The minimum Gasteiger partial charge on any atom is -0.302 e. The van der Waals surface area contributed by atoms with Crippen LogP contribution in [0.2, 0.25) is 0 Å². The van der Waals surface area contributed by atoms with Crippen LogP contribution >= 0.6 is 11.3 Å². The molecule has 3 aromatic rings. The summed E-state index contributed by atoms with van der Waals surface area (Å²) in [5.74, 6) is 0. The number of sulfonamides is 1. The molecule has 0 spiro atoms. The van der Waals surface area contributed by atoms with Crippen LogP contribution < -0.4 is 9.60 Å². The van der Waals surface area contributed by atoms with Gasteiger partial charge in [0.15, 0.2) is 0 Å². The SMILES string of the molecule is Cc1ccccc1[C@H](C)NS(=O)(=O)c1ccc2c(c1)sc(=O)n2C. The molecule has 24 heavy (non-hydrogen) atoms. The molecule has 7 heteroatoms. The van der Waals surface area contributed by atoms with Gasteiger partial charge in [-0.1, -0.05) is 35.6 Å². The van der Waals surface area contributed by atoms with Crippen LogP contribution in [0.25, 0.3) is 10.2 Å². The molecule has 2 aromatic carbocycles. The van der Waals surface area contributed by atoms with Crippen molar-refractivity contribution < 1.29 is 8.42 Å². The Morgan fingerprint density at radius 1 is 1.17 bits per heavy atom. The van der Waals surface area contributed by atoms with E-state index in [9.17, 15) is 13.2 Å². The molecule has 0 amide bonds. The van der Waals surface area contributed by atoms with E-state index in [1.165, 1.54) is 10.6 Å². The van der Waals surface area contributed by atoms with Gasteiger partial charge in [-0.15, -0.1) is 0 Å². The second-order valence-electron chi connectivity index (χ2n) is 5.76. The molecule has 0 saturated heterocycles. The lowest BCUT2D eigenvalue weighted by atomic mass is 10.0. The largest absolute Gasteiger partial charge is 0.307 e. The van der Waals surface area contributed by atoms with Crippen LogP contribution in [0.5, 0.6) is 0 Å². The predicted octanol–water partition coefficient (Wildman–Crippen LogP) is 2.95. The van der Waals surface area contributed by atoms with E-state index in [4.69, 9.17) is 0 Å². The second kappa shape index (κ2) is 6.16. The van der Waals surface area contributed by atoms with Crippen LogP contribution in [0.1, 0.15) is 24.1 Å². The number of aromatic nitrogens is 1. The molecule has 126 valence electrons. The molecule has 1 aromatic heterocycles. The highest BCUT2D eigenvalue weighted by Gasteiger charge is 2.20. The van der Waals surface area contributed by atoms with E-state index in [0.29, 0.717) is 4.70 Å². The molecular formula is C17H18N2O3S2. The highest BCUT2D eigenvalue weighted by molar-refractivity contribution is 7.89. The highest BCUT2D eigenvalue weighted by Crippen LogP contribution is 2.23. The van der Waals surface area contributed by atoms with Crippen molar-refractivity contribution in [1.82, 2.24) is 9.29 Å². The number of hydrogen-bond acceptors (Lipinski definition) is 4. The lowest BCUT2D eigenvalue weighted by molar-refractivity contribution is 0.566. The lowest BCUT2D eigenvalue weighted by Gasteiger charge is -2.16. The summed E-state index contributed by atoms with van der Waals surface area (Å²) < 4.78 is 30.2. The van der Waals surface area contributed by atoms with Gasteiger partial charge in [-0.25, -0.2) is 13.1 Å². The van der Waals surface area contributed by atoms with E-state index in [2.05, 4.69) is 4.72 Å². The van der Waals surface area contributed by atoms with Crippen LogP contribution in [0, 0.1) is 6.92 Å². The molecular weight excluding hydrogens is 344 g/mol. The highest BCUT2D eigenvalue weighted by atomic mass is 32.2. The van der Waals surface area contributed by atoms with Gasteiger partial charge in [0.2, 0.25) is 10.0 Å². The average Bonchev–Trinajstić information content (AvgIpc) is 2.81. The van der Waals surface area contributed by atoms with E-state index in [1.54, 1.807) is 19.2 Å². The number of nitrogens with one attached hydrogen (secondary N) is 1. The molecule has 0 aliphatic carbocycles. The van der Waals surface area contributed by atoms with E-state index in [1.807, 2.05) is 38.1 Å². The van der Waals surface area contributed by atoms with E-state index >= 15 is 0 Å². The van der Waals surface area contributed by atoms with Gasteiger partial charge in [0, 0.05) is 13.1 Å². The van der Waals surface area contributed by atoms with Crippen molar-refractivity contribution in [1.29, 1.82) is 0 Å². The Bertz CT molecular complexity index is 1060. The van der Waals surface area contributed by atoms with Gasteiger partial charge in [-0.05, 0) is 43.2 Å². The first-order valence-corrected chi connectivity index (χ1v) is 9.77. The summed E-state index contributed by atoms with van der Waals surface area (Å²) in [7, 11) is -2.00. The van der Waals surface area contributed by atoms with Crippen molar-refractivity contribution in [2.75, 3.05) is 0 Å². The fraction of sp³-hybridized carbons (Fsp3) is 0.235. The predicted molar refractivity (Wildman–Crippen MR) is 97.0 cm³/mol. The van der Waals surface area contributed by atoms with Crippen LogP contribution in [0.15, 0.2) is 52.2 Å². The first-order valence-electron chi connectivity index (χ1n) is 7.47. The zero-order valence-electron chi connectivity index (χ0n) is 13.6. The molecule has 0 radical (unpaired) electrons. The van der Waals surface area contributed by atoms with E-state index in [-0.39, 0.29) is 15.8 Å². The molecule has 1 N–H and O–H groups in total. The van der Waals surface area contributed by atoms with Crippen molar-refractivity contribution in [2.24, 2.45) is 7.05 Å². The first kappa shape index (κ1) is 16.9. The summed E-state index contributed by atoms with van der Waals surface area (Å²) in [4.78, 5) is 11.8. The standard InChI is InChI=1S/C17H18N2O3S2/c1-11-6-4-5-7-14(11)12(2)18-24(21,22)13-8-9-15-16(10-13)23-17(20)19(15)3/h4-10,12,18H,1-3H3/t12-/m0/s1. The Balaban J connectivity index is 1.96. The summed E-state index contributed by atoms with van der Waals surface area (Å²) in [6.07, 6.45) is 0. The number of benzene rings is 2. The number of fused-ring (bicyclic) bond motifs is 1. The maximum Gasteiger partial charge on any atom is 0.307 e. The summed E-state index contributed by atoms with van der Waals surface area (Å²) in [6.45, 7) is 3.77. The second-order valence-corrected chi connectivity index (χ2v) is 8.46. The molecule has 0 saturated carbocycles. The summed E-state index contributed by atoms with van der Waals surface area (Å²) in [6, 6.07) is 12.1. The van der Waals surface area contributed by atoms with Crippen LogP contribution in [-0.2, 0) is 17.1 Å². The molecule has 3 rings (SSSR count). The van der Waals surface area contributed by atoms with Gasteiger partial charge in [0.25, 0.3) is 0 Å². The minimum atomic E-state index is -3.67. The number of aryl methyl sites for hydroxylation is 2. The van der Waals surface area contributed by atoms with Crippen molar-refractivity contribution >= 4 is 31.6 Å². The topological polar surface area (TPSA) is 68.2 Å². The Morgan fingerprint density at radius 2 is 1.88 bits per heavy atom. The number of nitrogens with zero attached hydrogens (tertiary/aromatic N) is 1. The monoisotopic (exact) mass is 362 g/mol. The fourth-order valence-electron chi connectivity index (χ4n) is 2.72. The Morgan fingerprint density at radius 3 is 2.58 bits per heavy atom.